The third-order valence-corrected chi connectivity index (χ3v) is 3.58. The van der Waals surface area contributed by atoms with E-state index in [2.05, 4.69) is 58.4 Å². The van der Waals surface area contributed by atoms with Crippen molar-refractivity contribution < 1.29 is 4.84 Å². The van der Waals surface area contributed by atoms with Crippen LogP contribution in [0.5, 0.6) is 0 Å². The first-order valence-corrected chi connectivity index (χ1v) is 6.55. The van der Waals surface area contributed by atoms with Crippen molar-refractivity contribution in [1.29, 1.82) is 0 Å². The lowest BCUT2D eigenvalue weighted by Gasteiger charge is -2.36. The van der Waals surface area contributed by atoms with Gasteiger partial charge in [-0.1, -0.05) is 0 Å². The fourth-order valence-corrected chi connectivity index (χ4v) is 2.65. The van der Waals surface area contributed by atoms with Gasteiger partial charge in [-0.05, 0) is 48.5 Å². The van der Waals surface area contributed by atoms with Crippen molar-refractivity contribution in [2.45, 2.75) is 78.7 Å². The van der Waals surface area contributed by atoms with E-state index in [0.29, 0.717) is 24.2 Å². The Labute approximate surface area is 101 Å². The van der Waals surface area contributed by atoms with Crippen LogP contribution in [0, 0.1) is 0 Å². The molecule has 1 fully saturated rings. The van der Waals surface area contributed by atoms with E-state index in [1.54, 1.807) is 0 Å². The van der Waals surface area contributed by atoms with Crippen molar-refractivity contribution in [1.82, 2.24) is 9.96 Å². The van der Waals surface area contributed by atoms with E-state index >= 15 is 0 Å². The summed E-state index contributed by atoms with van der Waals surface area (Å²) < 4.78 is 0. The molecule has 1 aliphatic rings. The fraction of sp³-hybridized carbons (Fsp3) is 1.00. The van der Waals surface area contributed by atoms with Gasteiger partial charge in [0.2, 0.25) is 0 Å². The molecule has 0 aromatic carbocycles. The molecule has 0 aliphatic carbocycles. The van der Waals surface area contributed by atoms with Gasteiger partial charge in [0.1, 0.15) is 0 Å². The first kappa shape index (κ1) is 13.9. The van der Waals surface area contributed by atoms with Gasteiger partial charge >= 0.3 is 0 Å². The normalized spacial score (nSPS) is 34.7. The summed E-state index contributed by atoms with van der Waals surface area (Å²) in [5, 5.41) is 2.13. The Bertz CT molecular complexity index is 218. The van der Waals surface area contributed by atoms with Gasteiger partial charge in [-0.25, -0.2) is 0 Å². The molecule has 1 saturated heterocycles. The van der Waals surface area contributed by atoms with Crippen LogP contribution in [-0.2, 0) is 4.84 Å². The number of nitrogens with zero attached hydrogens (tertiary/aromatic N) is 2. The van der Waals surface area contributed by atoms with Crippen molar-refractivity contribution in [2.75, 3.05) is 6.54 Å². The molecule has 1 rings (SSSR count). The molecule has 3 heteroatoms. The topological polar surface area (TPSA) is 15.7 Å². The maximum absolute atomic E-state index is 6.03. The summed E-state index contributed by atoms with van der Waals surface area (Å²) in [4.78, 5) is 8.59. The van der Waals surface area contributed by atoms with Gasteiger partial charge in [-0.15, -0.1) is 0 Å². The molecule has 0 bridgehead atoms. The van der Waals surface area contributed by atoms with E-state index in [-0.39, 0.29) is 6.10 Å². The van der Waals surface area contributed by atoms with Gasteiger partial charge in [-0.3, -0.25) is 9.74 Å². The Morgan fingerprint density at radius 2 is 1.56 bits per heavy atom. The number of hydrogen-bond acceptors (Lipinski definition) is 3. The minimum absolute atomic E-state index is 0.259. The van der Waals surface area contributed by atoms with Crippen LogP contribution in [0.15, 0.2) is 0 Å². The maximum Gasteiger partial charge on any atom is 0.0917 e. The second-order valence-electron chi connectivity index (χ2n) is 5.63. The fourth-order valence-electron chi connectivity index (χ4n) is 2.65. The molecule has 2 unspecified atom stereocenters. The van der Waals surface area contributed by atoms with Crippen LogP contribution < -0.4 is 0 Å². The number of hydroxylamine groups is 2. The summed E-state index contributed by atoms with van der Waals surface area (Å²) in [6.45, 7) is 16.6. The average molecular weight is 228 g/mol. The van der Waals surface area contributed by atoms with Crippen LogP contribution in [0.25, 0.3) is 0 Å². The van der Waals surface area contributed by atoms with Gasteiger partial charge in [0.15, 0.2) is 0 Å². The van der Waals surface area contributed by atoms with Gasteiger partial charge in [-0.2, -0.15) is 5.06 Å². The minimum Gasteiger partial charge on any atom is -0.294 e. The summed E-state index contributed by atoms with van der Waals surface area (Å²) in [6.07, 6.45) is 0.259. The molecule has 1 aliphatic heterocycles. The van der Waals surface area contributed by atoms with Gasteiger partial charge in [0.05, 0.1) is 6.10 Å². The Kier molecular flexibility index (Phi) is 4.77. The van der Waals surface area contributed by atoms with Crippen LogP contribution in [0.3, 0.4) is 0 Å². The van der Waals surface area contributed by atoms with E-state index in [9.17, 15) is 0 Å². The molecule has 0 amide bonds. The van der Waals surface area contributed by atoms with E-state index in [1.807, 2.05) is 0 Å². The highest BCUT2D eigenvalue weighted by Gasteiger charge is 2.34. The first-order chi connectivity index (χ1) is 7.34. The zero-order valence-corrected chi connectivity index (χ0v) is 11.9. The second kappa shape index (κ2) is 5.48. The summed E-state index contributed by atoms with van der Waals surface area (Å²) in [6, 6.07) is 2.04. The van der Waals surface area contributed by atoms with Crippen LogP contribution in [0.1, 0.15) is 48.5 Å². The molecule has 3 atom stereocenters. The number of hydrogen-bond donors (Lipinski definition) is 0. The van der Waals surface area contributed by atoms with E-state index < -0.39 is 0 Å². The monoisotopic (exact) mass is 228 g/mol. The Morgan fingerprint density at radius 1 is 1.00 bits per heavy atom. The van der Waals surface area contributed by atoms with Crippen molar-refractivity contribution in [3.8, 4) is 0 Å². The molecule has 0 N–H and O–H groups in total. The minimum atomic E-state index is 0.259. The number of rotatable bonds is 2. The lowest BCUT2D eigenvalue weighted by atomic mass is 10.1. The van der Waals surface area contributed by atoms with Crippen LogP contribution in [-0.4, -0.2) is 46.8 Å². The highest BCUT2D eigenvalue weighted by molar-refractivity contribution is 4.84. The predicted molar refractivity (Wildman–Crippen MR) is 68.3 cm³/mol. The first-order valence-electron chi connectivity index (χ1n) is 6.55. The third kappa shape index (κ3) is 2.96. The Morgan fingerprint density at radius 3 is 2.00 bits per heavy atom. The van der Waals surface area contributed by atoms with E-state index in [0.717, 1.165) is 6.54 Å². The average Bonchev–Trinajstić information content (AvgIpc) is 2.25. The highest BCUT2D eigenvalue weighted by Crippen LogP contribution is 2.22. The molecule has 0 aromatic heterocycles. The molecule has 16 heavy (non-hydrogen) atoms. The highest BCUT2D eigenvalue weighted by atomic mass is 16.7. The second-order valence-corrected chi connectivity index (χ2v) is 5.63. The van der Waals surface area contributed by atoms with Crippen molar-refractivity contribution in [3.63, 3.8) is 0 Å². The van der Waals surface area contributed by atoms with Crippen molar-refractivity contribution in [3.05, 3.63) is 0 Å². The molecule has 0 spiro atoms. The predicted octanol–water partition coefficient (Wildman–Crippen LogP) is 2.52. The quantitative estimate of drug-likeness (QED) is 0.722. The van der Waals surface area contributed by atoms with E-state index in [4.69, 9.17) is 4.84 Å². The third-order valence-electron chi connectivity index (χ3n) is 3.58. The lowest BCUT2D eigenvalue weighted by Crippen LogP contribution is -2.49. The standard InChI is InChI=1S/C13H28N2O/c1-9(2)14-8-11(5)15(10(3)4)12(6)13(7)16-14/h9-13H,8H2,1-7H3/t11?,12?,13-/m0/s1. The maximum atomic E-state index is 6.03. The summed E-state index contributed by atoms with van der Waals surface area (Å²) in [5.41, 5.74) is 0. The molecule has 0 aromatic rings. The Hall–Kier alpha value is -0.120. The van der Waals surface area contributed by atoms with Gasteiger partial charge in [0.25, 0.3) is 0 Å². The van der Waals surface area contributed by atoms with Crippen molar-refractivity contribution >= 4 is 0 Å². The lowest BCUT2D eigenvalue weighted by molar-refractivity contribution is -0.207. The van der Waals surface area contributed by atoms with Crippen LogP contribution >= 0.6 is 0 Å². The molecule has 0 saturated carbocycles. The molecular weight excluding hydrogens is 200 g/mol. The molecular formula is C13H28N2O. The molecule has 3 nitrogen and oxygen atoms in total. The van der Waals surface area contributed by atoms with Gasteiger partial charge < -0.3 is 0 Å². The Balaban J connectivity index is 2.84. The smallest absolute Gasteiger partial charge is 0.0917 e. The summed E-state index contributed by atoms with van der Waals surface area (Å²) in [5.74, 6) is 0. The van der Waals surface area contributed by atoms with E-state index in [1.165, 1.54) is 0 Å². The molecule has 1 heterocycles. The van der Waals surface area contributed by atoms with Gasteiger partial charge in [0, 0.05) is 30.7 Å². The van der Waals surface area contributed by atoms with Crippen LogP contribution in [0.2, 0.25) is 0 Å². The summed E-state index contributed by atoms with van der Waals surface area (Å²) >= 11 is 0. The van der Waals surface area contributed by atoms with Crippen molar-refractivity contribution in [2.24, 2.45) is 0 Å². The zero-order valence-electron chi connectivity index (χ0n) is 11.9. The summed E-state index contributed by atoms with van der Waals surface area (Å²) in [7, 11) is 0. The zero-order chi connectivity index (χ0) is 12.5. The SMILES string of the molecule is CC(C)N1CC(C)N(C(C)C)C(C)[C@H](C)O1. The molecule has 0 radical (unpaired) electrons. The van der Waals surface area contributed by atoms with Crippen LogP contribution in [0.4, 0.5) is 0 Å². The largest absolute Gasteiger partial charge is 0.294 e. The molecule has 96 valence electrons.